The second kappa shape index (κ2) is 8.26. The third kappa shape index (κ3) is 4.07. The standard InChI is InChI=1S/C18H23N5OS/c1-25-18(20-13-19)21-15-12-14(17(24)23-10-4-5-11-23)6-7-16(15)22-8-2-3-9-22/h6-7,12H,2-5,8-11H2,1H3,(H,20,21). The molecule has 0 aromatic heterocycles. The molecule has 0 atom stereocenters. The molecular formula is C18H23N5OS. The Labute approximate surface area is 152 Å². The molecule has 1 N–H and O–H groups in total. The molecule has 132 valence electrons. The number of aliphatic imine (C=N–C) groups is 1. The molecule has 0 spiro atoms. The van der Waals surface area contributed by atoms with Crippen molar-refractivity contribution in [1.29, 1.82) is 5.26 Å². The summed E-state index contributed by atoms with van der Waals surface area (Å²) >= 11 is 1.38. The number of nitrogens with one attached hydrogen (secondary N) is 1. The van der Waals surface area contributed by atoms with E-state index in [1.165, 1.54) is 24.6 Å². The summed E-state index contributed by atoms with van der Waals surface area (Å²) in [5.74, 6) is 0.0702. The average molecular weight is 357 g/mol. The summed E-state index contributed by atoms with van der Waals surface area (Å²) < 4.78 is 0. The number of likely N-dealkylation sites (tertiary alicyclic amines) is 1. The second-order valence-corrected chi connectivity index (χ2v) is 7.05. The number of hydrogen-bond donors (Lipinski definition) is 1. The number of amidine groups is 1. The molecule has 2 saturated heterocycles. The van der Waals surface area contributed by atoms with Gasteiger partial charge in [-0.3, -0.25) is 10.1 Å². The monoisotopic (exact) mass is 357 g/mol. The number of rotatable bonds is 3. The number of amides is 1. The van der Waals surface area contributed by atoms with Gasteiger partial charge in [-0.2, -0.15) is 5.26 Å². The van der Waals surface area contributed by atoms with Crippen LogP contribution in [0.1, 0.15) is 36.0 Å². The number of nitriles is 1. The van der Waals surface area contributed by atoms with E-state index in [1.54, 1.807) is 0 Å². The van der Waals surface area contributed by atoms with Crippen LogP contribution in [0.4, 0.5) is 11.4 Å². The summed E-state index contributed by atoms with van der Waals surface area (Å²) in [7, 11) is 0. The first-order valence-corrected chi connectivity index (χ1v) is 9.91. The molecule has 0 bridgehead atoms. The van der Waals surface area contributed by atoms with E-state index < -0.39 is 0 Å². The van der Waals surface area contributed by atoms with Crippen molar-refractivity contribution in [2.75, 3.05) is 37.3 Å². The van der Waals surface area contributed by atoms with Crippen molar-refractivity contribution in [3.05, 3.63) is 23.8 Å². The highest BCUT2D eigenvalue weighted by Gasteiger charge is 2.22. The van der Waals surface area contributed by atoms with Gasteiger partial charge in [-0.05, 0) is 50.1 Å². The van der Waals surface area contributed by atoms with Gasteiger partial charge in [-0.15, -0.1) is 0 Å². The molecule has 1 aromatic carbocycles. The minimum Gasteiger partial charge on any atom is -0.370 e. The molecule has 2 aliphatic heterocycles. The Hall–Kier alpha value is -2.20. The maximum Gasteiger partial charge on any atom is 0.253 e. The largest absolute Gasteiger partial charge is 0.370 e. The molecule has 0 saturated carbocycles. The number of thioether (sulfide) groups is 1. The van der Waals surface area contributed by atoms with Crippen molar-refractivity contribution in [2.45, 2.75) is 25.7 Å². The lowest BCUT2D eigenvalue weighted by Gasteiger charge is -2.21. The quantitative estimate of drug-likeness (QED) is 0.390. The molecule has 3 rings (SSSR count). The maximum absolute atomic E-state index is 12.7. The van der Waals surface area contributed by atoms with Crippen LogP contribution in [0.25, 0.3) is 0 Å². The molecule has 0 radical (unpaired) electrons. The first-order valence-electron chi connectivity index (χ1n) is 8.69. The van der Waals surface area contributed by atoms with Crippen molar-refractivity contribution in [3.8, 4) is 6.19 Å². The smallest absolute Gasteiger partial charge is 0.253 e. The van der Waals surface area contributed by atoms with Crippen molar-refractivity contribution < 1.29 is 4.79 Å². The number of nitrogens with zero attached hydrogens (tertiary/aromatic N) is 4. The zero-order valence-corrected chi connectivity index (χ0v) is 15.3. The van der Waals surface area contributed by atoms with E-state index in [1.807, 2.05) is 35.5 Å². The predicted molar refractivity (Wildman–Crippen MR) is 102 cm³/mol. The van der Waals surface area contributed by atoms with E-state index >= 15 is 0 Å². The Morgan fingerprint density at radius 2 is 1.88 bits per heavy atom. The molecule has 6 nitrogen and oxygen atoms in total. The SMILES string of the molecule is CSC(=Nc1cc(C(=O)N2CCCC2)ccc1N1CCCC1)NC#N. The van der Waals surface area contributed by atoms with Crippen LogP contribution in [-0.2, 0) is 0 Å². The topological polar surface area (TPSA) is 71.7 Å². The zero-order chi connectivity index (χ0) is 17.6. The normalized spacial score (nSPS) is 17.7. The lowest BCUT2D eigenvalue weighted by atomic mass is 10.1. The molecule has 2 heterocycles. The second-order valence-electron chi connectivity index (χ2n) is 6.25. The van der Waals surface area contributed by atoms with E-state index in [9.17, 15) is 4.79 Å². The van der Waals surface area contributed by atoms with Crippen LogP contribution < -0.4 is 10.2 Å². The fraction of sp³-hybridized carbons (Fsp3) is 0.500. The van der Waals surface area contributed by atoms with Crippen molar-refractivity contribution in [3.63, 3.8) is 0 Å². The van der Waals surface area contributed by atoms with Gasteiger partial charge in [0.15, 0.2) is 11.4 Å². The van der Waals surface area contributed by atoms with E-state index in [4.69, 9.17) is 5.26 Å². The molecular weight excluding hydrogens is 334 g/mol. The third-order valence-electron chi connectivity index (χ3n) is 4.64. The van der Waals surface area contributed by atoms with Crippen LogP contribution >= 0.6 is 11.8 Å². The van der Waals surface area contributed by atoms with Gasteiger partial charge in [-0.25, -0.2) is 4.99 Å². The molecule has 1 aromatic rings. The molecule has 0 unspecified atom stereocenters. The average Bonchev–Trinajstić information content (AvgIpc) is 3.34. The Morgan fingerprint density at radius 1 is 1.20 bits per heavy atom. The number of carbonyl (C=O) groups excluding carboxylic acids is 1. The summed E-state index contributed by atoms with van der Waals surface area (Å²) in [4.78, 5) is 21.5. The summed E-state index contributed by atoms with van der Waals surface area (Å²) in [6.45, 7) is 3.67. The third-order valence-corrected chi connectivity index (χ3v) is 5.22. The molecule has 1 amide bonds. The van der Waals surface area contributed by atoms with E-state index in [2.05, 4.69) is 15.2 Å². The molecule has 25 heavy (non-hydrogen) atoms. The highest BCUT2D eigenvalue weighted by molar-refractivity contribution is 8.13. The lowest BCUT2D eigenvalue weighted by molar-refractivity contribution is 0.0793. The Balaban J connectivity index is 1.96. The van der Waals surface area contributed by atoms with Gasteiger partial charge >= 0.3 is 0 Å². The van der Waals surface area contributed by atoms with Crippen LogP contribution in [0, 0.1) is 11.5 Å². The first kappa shape index (κ1) is 17.6. The van der Waals surface area contributed by atoms with Gasteiger partial charge in [0.05, 0.1) is 11.4 Å². The molecule has 2 aliphatic rings. The van der Waals surface area contributed by atoms with E-state index in [0.717, 1.165) is 50.4 Å². The van der Waals surface area contributed by atoms with Crippen LogP contribution in [0.5, 0.6) is 0 Å². The summed E-state index contributed by atoms with van der Waals surface area (Å²) in [6.07, 6.45) is 8.28. The summed E-state index contributed by atoms with van der Waals surface area (Å²) in [5.41, 5.74) is 2.45. The van der Waals surface area contributed by atoms with Gasteiger partial charge in [0.2, 0.25) is 0 Å². The molecule has 2 fully saturated rings. The highest BCUT2D eigenvalue weighted by Crippen LogP contribution is 2.33. The molecule has 0 aliphatic carbocycles. The summed E-state index contributed by atoms with van der Waals surface area (Å²) in [5, 5.41) is 12.0. The fourth-order valence-electron chi connectivity index (χ4n) is 3.36. The van der Waals surface area contributed by atoms with Crippen LogP contribution in [0.2, 0.25) is 0 Å². The Bertz CT molecular complexity index is 700. The first-order chi connectivity index (χ1) is 12.2. The van der Waals surface area contributed by atoms with Gasteiger partial charge < -0.3 is 9.80 Å². The van der Waals surface area contributed by atoms with Crippen molar-refractivity contribution in [2.24, 2.45) is 4.99 Å². The van der Waals surface area contributed by atoms with Crippen molar-refractivity contribution >= 4 is 34.2 Å². The van der Waals surface area contributed by atoms with Crippen LogP contribution in [0.3, 0.4) is 0 Å². The Morgan fingerprint density at radius 3 is 2.52 bits per heavy atom. The number of hydrogen-bond acceptors (Lipinski definition) is 5. The van der Waals surface area contributed by atoms with Gasteiger partial charge in [0.1, 0.15) is 0 Å². The lowest BCUT2D eigenvalue weighted by Crippen LogP contribution is -2.27. The Kier molecular flexibility index (Phi) is 5.82. The zero-order valence-electron chi connectivity index (χ0n) is 14.5. The number of benzene rings is 1. The maximum atomic E-state index is 12.7. The minimum absolute atomic E-state index is 0.0702. The predicted octanol–water partition coefficient (Wildman–Crippen LogP) is 2.94. The van der Waals surface area contributed by atoms with Crippen LogP contribution in [0.15, 0.2) is 23.2 Å². The van der Waals surface area contributed by atoms with E-state index in [0.29, 0.717) is 10.7 Å². The number of anilines is 1. The summed E-state index contributed by atoms with van der Waals surface area (Å²) in [6, 6.07) is 5.77. The molecule has 7 heteroatoms. The number of carbonyl (C=O) groups is 1. The van der Waals surface area contributed by atoms with Gasteiger partial charge in [0, 0.05) is 31.7 Å². The van der Waals surface area contributed by atoms with Crippen molar-refractivity contribution in [1.82, 2.24) is 10.2 Å². The fourth-order valence-corrected chi connectivity index (χ4v) is 3.69. The van der Waals surface area contributed by atoms with Crippen LogP contribution in [-0.4, -0.2) is 48.4 Å². The van der Waals surface area contributed by atoms with Gasteiger partial charge in [-0.1, -0.05) is 11.8 Å². The van der Waals surface area contributed by atoms with E-state index in [-0.39, 0.29) is 5.91 Å². The van der Waals surface area contributed by atoms with Gasteiger partial charge in [0.25, 0.3) is 5.91 Å². The highest BCUT2D eigenvalue weighted by atomic mass is 32.2. The minimum atomic E-state index is 0.0702.